The third kappa shape index (κ3) is 4.31. The first-order chi connectivity index (χ1) is 10.1. The summed E-state index contributed by atoms with van der Waals surface area (Å²) in [6, 6.07) is 10.5. The number of aliphatic carboxylic acids is 1. The molecule has 1 unspecified atom stereocenters. The summed E-state index contributed by atoms with van der Waals surface area (Å²) >= 11 is 0. The number of carboxylic acids is 1. The Hall–Kier alpha value is -1.35. The molecule has 0 bridgehead atoms. The van der Waals surface area contributed by atoms with Crippen LogP contribution in [0.5, 0.6) is 0 Å². The van der Waals surface area contributed by atoms with Gasteiger partial charge in [-0.05, 0) is 44.2 Å². The first-order valence-corrected chi connectivity index (χ1v) is 8.10. The van der Waals surface area contributed by atoms with Gasteiger partial charge in [-0.15, -0.1) is 0 Å². The van der Waals surface area contributed by atoms with Crippen LogP contribution in [0.2, 0.25) is 0 Å². The van der Waals surface area contributed by atoms with Gasteiger partial charge in [-0.3, -0.25) is 9.69 Å². The summed E-state index contributed by atoms with van der Waals surface area (Å²) in [4.78, 5) is 13.5. The Bertz CT molecular complexity index is 438. The SMILES string of the molecule is CCC1CCC(N(C)C(CC(=O)O)c2ccccc2)CC1. The van der Waals surface area contributed by atoms with E-state index in [-0.39, 0.29) is 12.5 Å². The highest BCUT2D eigenvalue weighted by Gasteiger charge is 2.29. The van der Waals surface area contributed by atoms with Crippen LogP contribution in [-0.2, 0) is 4.79 Å². The summed E-state index contributed by atoms with van der Waals surface area (Å²) in [6.45, 7) is 2.27. The van der Waals surface area contributed by atoms with Crippen LogP contribution in [0.15, 0.2) is 30.3 Å². The summed E-state index contributed by atoms with van der Waals surface area (Å²) in [5.74, 6) is 0.141. The van der Waals surface area contributed by atoms with Crippen molar-refractivity contribution in [2.45, 2.75) is 57.5 Å². The van der Waals surface area contributed by atoms with Gasteiger partial charge < -0.3 is 5.11 Å². The molecule has 1 atom stereocenters. The van der Waals surface area contributed by atoms with Crippen LogP contribution >= 0.6 is 0 Å². The Morgan fingerprint density at radius 2 is 1.86 bits per heavy atom. The lowest BCUT2D eigenvalue weighted by molar-refractivity contribution is -0.138. The van der Waals surface area contributed by atoms with E-state index in [1.165, 1.54) is 32.1 Å². The van der Waals surface area contributed by atoms with Crippen molar-refractivity contribution in [3.05, 3.63) is 35.9 Å². The number of nitrogens with zero attached hydrogens (tertiary/aromatic N) is 1. The molecule has 0 radical (unpaired) electrons. The summed E-state index contributed by atoms with van der Waals surface area (Å²) in [5, 5.41) is 9.25. The van der Waals surface area contributed by atoms with E-state index in [1.54, 1.807) is 0 Å². The predicted molar refractivity (Wildman–Crippen MR) is 85.2 cm³/mol. The maximum atomic E-state index is 11.2. The molecule has 1 aromatic rings. The van der Waals surface area contributed by atoms with Gasteiger partial charge in [0.05, 0.1) is 6.42 Å². The van der Waals surface area contributed by atoms with E-state index >= 15 is 0 Å². The molecule has 1 N–H and O–H groups in total. The molecule has 0 heterocycles. The fourth-order valence-corrected chi connectivity index (χ4v) is 3.55. The molecule has 1 saturated carbocycles. The molecule has 116 valence electrons. The Kier molecular flexibility index (Phi) is 5.80. The summed E-state index contributed by atoms with van der Waals surface area (Å²) in [7, 11) is 2.09. The third-order valence-electron chi connectivity index (χ3n) is 5.01. The number of hydrogen-bond donors (Lipinski definition) is 1. The quantitative estimate of drug-likeness (QED) is 0.857. The van der Waals surface area contributed by atoms with Gasteiger partial charge in [0, 0.05) is 12.1 Å². The van der Waals surface area contributed by atoms with Gasteiger partial charge in [-0.2, -0.15) is 0 Å². The van der Waals surface area contributed by atoms with Crippen molar-refractivity contribution in [1.82, 2.24) is 4.90 Å². The maximum absolute atomic E-state index is 11.2. The fourth-order valence-electron chi connectivity index (χ4n) is 3.55. The van der Waals surface area contributed by atoms with Crippen LogP contribution in [0.25, 0.3) is 0 Å². The van der Waals surface area contributed by atoms with Crippen LogP contribution in [0.1, 0.15) is 57.1 Å². The van der Waals surface area contributed by atoms with Crippen LogP contribution in [0.4, 0.5) is 0 Å². The molecular formula is C18H27NO2. The van der Waals surface area contributed by atoms with E-state index in [2.05, 4.69) is 18.9 Å². The number of carboxylic acid groups (broad SMARTS) is 1. The molecule has 0 saturated heterocycles. The molecule has 3 heteroatoms. The highest BCUT2D eigenvalue weighted by atomic mass is 16.4. The highest BCUT2D eigenvalue weighted by Crippen LogP contribution is 2.34. The van der Waals surface area contributed by atoms with Gasteiger partial charge >= 0.3 is 5.97 Å². The lowest BCUT2D eigenvalue weighted by Gasteiger charge is -2.39. The molecule has 0 amide bonds. The Balaban J connectivity index is 2.08. The summed E-state index contributed by atoms with van der Waals surface area (Å²) in [6.07, 6.45) is 6.39. The minimum absolute atomic E-state index is 0.0214. The van der Waals surface area contributed by atoms with Crippen molar-refractivity contribution < 1.29 is 9.90 Å². The Morgan fingerprint density at radius 3 is 2.38 bits per heavy atom. The molecule has 0 spiro atoms. The van der Waals surface area contributed by atoms with Crippen molar-refractivity contribution in [3.8, 4) is 0 Å². The third-order valence-corrected chi connectivity index (χ3v) is 5.01. The summed E-state index contributed by atoms with van der Waals surface area (Å²) < 4.78 is 0. The minimum atomic E-state index is -0.724. The van der Waals surface area contributed by atoms with Crippen molar-refractivity contribution in [2.75, 3.05) is 7.05 Å². The lowest BCUT2D eigenvalue weighted by Crippen LogP contribution is -2.38. The van der Waals surface area contributed by atoms with E-state index in [0.29, 0.717) is 6.04 Å². The second-order valence-electron chi connectivity index (χ2n) is 6.27. The molecule has 3 nitrogen and oxygen atoms in total. The average Bonchev–Trinajstić information content (AvgIpc) is 2.53. The summed E-state index contributed by atoms with van der Waals surface area (Å²) in [5.41, 5.74) is 1.11. The Labute approximate surface area is 128 Å². The number of benzene rings is 1. The predicted octanol–water partition coefficient (Wildman–Crippen LogP) is 4.10. The van der Waals surface area contributed by atoms with Crippen LogP contribution < -0.4 is 0 Å². The van der Waals surface area contributed by atoms with Crippen molar-refractivity contribution in [1.29, 1.82) is 0 Å². The molecule has 1 aliphatic rings. The van der Waals surface area contributed by atoms with Gasteiger partial charge in [0.1, 0.15) is 0 Å². The van der Waals surface area contributed by atoms with E-state index in [0.717, 1.165) is 11.5 Å². The molecule has 1 aliphatic carbocycles. The largest absolute Gasteiger partial charge is 0.481 e. The maximum Gasteiger partial charge on any atom is 0.305 e. The normalized spacial score (nSPS) is 24.0. The first kappa shape index (κ1) is 16.0. The van der Waals surface area contributed by atoms with Gasteiger partial charge in [0.25, 0.3) is 0 Å². The van der Waals surface area contributed by atoms with Crippen LogP contribution in [-0.4, -0.2) is 29.1 Å². The van der Waals surface area contributed by atoms with Crippen LogP contribution in [0.3, 0.4) is 0 Å². The Morgan fingerprint density at radius 1 is 1.24 bits per heavy atom. The smallest absolute Gasteiger partial charge is 0.305 e. The minimum Gasteiger partial charge on any atom is -0.481 e. The van der Waals surface area contributed by atoms with E-state index in [9.17, 15) is 9.90 Å². The molecule has 21 heavy (non-hydrogen) atoms. The highest BCUT2D eigenvalue weighted by molar-refractivity contribution is 5.68. The standard InChI is InChI=1S/C18H27NO2/c1-3-14-9-11-16(12-10-14)19(2)17(13-18(20)21)15-7-5-4-6-8-15/h4-8,14,16-17H,3,9-13H2,1-2H3,(H,20,21). The first-order valence-electron chi connectivity index (χ1n) is 8.10. The second kappa shape index (κ2) is 7.60. The van der Waals surface area contributed by atoms with E-state index < -0.39 is 5.97 Å². The number of hydrogen-bond acceptors (Lipinski definition) is 2. The van der Waals surface area contributed by atoms with Crippen molar-refractivity contribution in [3.63, 3.8) is 0 Å². The average molecular weight is 289 g/mol. The zero-order valence-electron chi connectivity index (χ0n) is 13.2. The van der Waals surface area contributed by atoms with Crippen molar-refractivity contribution >= 4 is 5.97 Å². The number of rotatable bonds is 6. The monoisotopic (exact) mass is 289 g/mol. The van der Waals surface area contributed by atoms with Crippen LogP contribution in [0, 0.1) is 5.92 Å². The molecule has 0 aliphatic heterocycles. The molecule has 0 aromatic heterocycles. The molecule has 1 fully saturated rings. The lowest BCUT2D eigenvalue weighted by atomic mass is 9.83. The van der Waals surface area contributed by atoms with E-state index in [1.807, 2.05) is 30.3 Å². The van der Waals surface area contributed by atoms with Gasteiger partial charge in [0.2, 0.25) is 0 Å². The topological polar surface area (TPSA) is 40.5 Å². The molecule has 2 rings (SSSR count). The van der Waals surface area contributed by atoms with Crippen molar-refractivity contribution in [2.24, 2.45) is 5.92 Å². The second-order valence-corrected chi connectivity index (χ2v) is 6.27. The zero-order valence-corrected chi connectivity index (χ0v) is 13.2. The van der Waals surface area contributed by atoms with Gasteiger partial charge in [-0.25, -0.2) is 0 Å². The van der Waals surface area contributed by atoms with E-state index in [4.69, 9.17) is 0 Å². The zero-order chi connectivity index (χ0) is 15.2. The molecule has 1 aromatic carbocycles. The fraction of sp³-hybridized carbons (Fsp3) is 0.611. The molecular weight excluding hydrogens is 262 g/mol. The van der Waals surface area contributed by atoms with Gasteiger partial charge in [-0.1, -0.05) is 43.7 Å². The van der Waals surface area contributed by atoms with Gasteiger partial charge in [0.15, 0.2) is 0 Å². The number of carbonyl (C=O) groups is 1.